The fourth-order valence-electron chi connectivity index (χ4n) is 2.27. The minimum atomic E-state index is 0.286. The number of nitrogens with zero attached hydrogens (tertiary/aromatic N) is 1. The van der Waals surface area contributed by atoms with E-state index in [0.717, 1.165) is 5.69 Å². The molecule has 1 atom stereocenters. The van der Waals surface area contributed by atoms with Gasteiger partial charge in [0.05, 0.1) is 5.69 Å². The maximum Gasteiger partial charge on any atom is 0.0534 e. The van der Waals surface area contributed by atoms with Crippen LogP contribution in [0.3, 0.4) is 0 Å². The van der Waals surface area contributed by atoms with Crippen LogP contribution in [0.2, 0.25) is 0 Å². The summed E-state index contributed by atoms with van der Waals surface area (Å²) < 4.78 is 0. The topological polar surface area (TPSA) is 24.9 Å². The minimum absolute atomic E-state index is 0.286. The van der Waals surface area contributed by atoms with Crippen LogP contribution in [0.25, 0.3) is 0 Å². The molecule has 1 unspecified atom stereocenters. The number of benzene rings is 1. The Kier molecular flexibility index (Phi) is 3.66. The number of nitrogens with one attached hydrogen (secondary N) is 1. The second-order valence-electron chi connectivity index (χ2n) is 4.98. The molecule has 2 heteroatoms. The monoisotopic (exact) mass is 240 g/mol. The summed E-state index contributed by atoms with van der Waals surface area (Å²) >= 11 is 0. The van der Waals surface area contributed by atoms with Crippen molar-refractivity contribution in [1.82, 2.24) is 4.98 Å². The molecular weight excluding hydrogens is 220 g/mol. The van der Waals surface area contributed by atoms with Gasteiger partial charge in [-0.05, 0) is 50.5 Å². The summed E-state index contributed by atoms with van der Waals surface area (Å²) in [6, 6.07) is 8.99. The normalized spacial score (nSPS) is 12.2. The zero-order valence-electron chi connectivity index (χ0n) is 11.5. The van der Waals surface area contributed by atoms with Crippen LogP contribution in [0.1, 0.15) is 35.2 Å². The number of pyridine rings is 1. The molecule has 2 rings (SSSR count). The Morgan fingerprint density at radius 2 is 1.78 bits per heavy atom. The van der Waals surface area contributed by atoms with Crippen LogP contribution in [0.15, 0.2) is 36.7 Å². The Morgan fingerprint density at radius 3 is 2.44 bits per heavy atom. The van der Waals surface area contributed by atoms with Gasteiger partial charge in [0.15, 0.2) is 0 Å². The third-order valence-electron chi connectivity index (χ3n) is 3.15. The minimum Gasteiger partial charge on any atom is -0.377 e. The third kappa shape index (κ3) is 2.89. The van der Waals surface area contributed by atoms with E-state index in [1.165, 1.54) is 22.3 Å². The van der Waals surface area contributed by atoms with Crippen molar-refractivity contribution in [3.8, 4) is 0 Å². The molecule has 0 aliphatic carbocycles. The maximum atomic E-state index is 4.20. The Balaban J connectivity index is 2.19. The van der Waals surface area contributed by atoms with Crippen molar-refractivity contribution < 1.29 is 0 Å². The molecule has 94 valence electrons. The summed E-state index contributed by atoms with van der Waals surface area (Å²) in [7, 11) is 0. The van der Waals surface area contributed by atoms with Crippen LogP contribution >= 0.6 is 0 Å². The molecule has 1 N–H and O–H groups in total. The van der Waals surface area contributed by atoms with Crippen LogP contribution in [0.5, 0.6) is 0 Å². The van der Waals surface area contributed by atoms with Crippen LogP contribution in [-0.4, -0.2) is 4.98 Å². The zero-order valence-corrected chi connectivity index (χ0v) is 11.5. The SMILES string of the molecule is Cc1cncc(NC(C)c2ccc(C)cc2C)c1. The van der Waals surface area contributed by atoms with E-state index in [1.54, 1.807) is 0 Å². The van der Waals surface area contributed by atoms with Gasteiger partial charge in [-0.15, -0.1) is 0 Å². The van der Waals surface area contributed by atoms with Gasteiger partial charge in [0.2, 0.25) is 0 Å². The van der Waals surface area contributed by atoms with E-state index >= 15 is 0 Å². The number of anilines is 1. The number of rotatable bonds is 3. The maximum absolute atomic E-state index is 4.20. The van der Waals surface area contributed by atoms with Crippen molar-refractivity contribution in [2.45, 2.75) is 33.7 Å². The average Bonchev–Trinajstić information content (AvgIpc) is 2.28. The predicted octanol–water partition coefficient (Wildman–Crippen LogP) is 4.18. The largest absolute Gasteiger partial charge is 0.377 e. The second kappa shape index (κ2) is 5.21. The highest BCUT2D eigenvalue weighted by Gasteiger charge is 2.08. The van der Waals surface area contributed by atoms with E-state index in [2.05, 4.69) is 62.3 Å². The molecule has 0 radical (unpaired) electrons. The molecule has 18 heavy (non-hydrogen) atoms. The molecule has 0 aliphatic rings. The molecule has 0 bridgehead atoms. The van der Waals surface area contributed by atoms with Gasteiger partial charge in [-0.2, -0.15) is 0 Å². The summed E-state index contributed by atoms with van der Waals surface area (Å²) in [5.74, 6) is 0. The van der Waals surface area contributed by atoms with Gasteiger partial charge in [0.25, 0.3) is 0 Å². The molecule has 1 aromatic heterocycles. The van der Waals surface area contributed by atoms with E-state index in [-0.39, 0.29) is 6.04 Å². The lowest BCUT2D eigenvalue weighted by Crippen LogP contribution is -2.08. The summed E-state index contributed by atoms with van der Waals surface area (Å²) in [4.78, 5) is 4.20. The van der Waals surface area contributed by atoms with Gasteiger partial charge in [-0.3, -0.25) is 4.98 Å². The lowest BCUT2D eigenvalue weighted by atomic mass is 10.00. The highest BCUT2D eigenvalue weighted by Crippen LogP contribution is 2.22. The molecular formula is C16H20N2. The van der Waals surface area contributed by atoms with Crippen molar-refractivity contribution in [3.63, 3.8) is 0 Å². The van der Waals surface area contributed by atoms with Gasteiger partial charge in [0, 0.05) is 18.4 Å². The van der Waals surface area contributed by atoms with Crippen molar-refractivity contribution in [2.75, 3.05) is 5.32 Å². The van der Waals surface area contributed by atoms with Gasteiger partial charge in [0.1, 0.15) is 0 Å². The standard InChI is InChI=1S/C16H20N2/c1-11-5-6-16(13(3)7-11)14(4)18-15-8-12(2)9-17-10-15/h5-10,14,18H,1-4H3. The Labute approximate surface area is 109 Å². The lowest BCUT2D eigenvalue weighted by molar-refractivity contribution is 0.871. The molecule has 0 spiro atoms. The quantitative estimate of drug-likeness (QED) is 0.870. The molecule has 1 heterocycles. The molecule has 0 fully saturated rings. The second-order valence-corrected chi connectivity index (χ2v) is 4.98. The zero-order chi connectivity index (χ0) is 13.1. The van der Waals surface area contributed by atoms with Gasteiger partial charge >= 0.3 is 0 Å². The first-order valence-electron chi connectivity index (χ1n) is 6.31. The summed E-state index contributed by atoms with van der Waals surface area (Å²) in [5, 5.41) is 3.50. The van der Waals surface area contributed by atoms with E-state index < -0.39 is 0 Å². The Bertz CT molecular complexity index is 547. The highest BCUT2D eigenvalue weighted by molar-refractivity contribution is 5.46. The van der Waals surface area contributed by atoms with E-state index in [0.29, 0.717) is 0 Å². The fraction of sp³-hybridized carbons (Fsp3) is 0.312. The smallest absolute Gasteiger partial charge is 0.0534 e. The molecule has 0 amide bonds. The molecule has 0 saturated carbocycles. The highest BCUT2D eigenvalue weighted by atomic mass is 14.9. The number of aromatic nitrogens is 1. The summed E-state index contributed by atoms with van der Waals surface area (Å²) in [6.07, 6.45) is 3.74. The summed E-state index contributed by atoms with van der Waals surface area (Å²) in [5.41, 5.74) is 6.22. The van der Waals surface area contributed by atoms with Gasteiger partial charge in [-0.25, -0.2) is 0 Å². The molecule has 0 saturated heterocycles. The average molecular weight is 240 g/mol. The Hall–Kier alpha value is -1.83. The van der Waals surface area contributed by atoms with Crippen LogP contribution in [0, 0.1) is 20.8 Å². The van der Waals surface area contributed by atoms with Crippen LogP contribution in [-0.2, 0) is 0 Å². The van der Waals surface area contributed by atoms with E-state index in [4.69, 9.17) is 0 Å². The first kappa shape index (κ1) is 12.6. The summed E-state index contributed by atoms with van der Waals surface area (Å²) in [6.45, 7) is 8.52. The number of aryl methyl sites for hydroxylation is 3. The van der Waals surface area contributed by atoms with Crippen molar-refractivity contribution in [2.24, 2.45) is 0 Å². The predicted molar refractivity (Wildman–Crippen MR) is 76.9 cm³/mol. The fourth-order valence-corrected chi connectivity index (χ4v) is 2.27. The third-order valence-corrected chi connectivity index (χ3v) is 3.15. The molecule has 0 aliphatic heterocycles. The molecule has 1 aromatic carbocycles. The first-order chi connectivity index (χ1) is 8.56. The lowest BCUT2D eigenvalue weighted by Gasteiger charge is -2.18. The van der Waals surface area contributed by atoms with E-state index in [1.807, 2.05) is 12.4 Å². The van der Waals surface area contributed by atoms with Crippen molar-refractivity contribution in [3.05, 3.63) is 58.9 Å². The number of hydrogen-bond acceptors (Lipinski definition) is 2. The molecule has 2 nitrogen and oxygen atoms in total. The molecule has 2 aromatic rings. The van der Waals surface area contributed by atoms with Crippen molar-refractivity contribution in [1.29, 1.82) is 0 Å². The van der Waals surface area contributed by atoms with Crippen LogP contribution in [0.4, 0.5) is 5.69 Å². The first-order valence-corrected chi connectivity index (χ1v) is 6.31. The van der Waals surface area contributed by atoms with E-state index in [9.17, 15) is 0 Å². The van der Waals surface area contributed by atoms with Gasteiger partial charge < -0.3 is 5.32 Å². The van der Waals surface area contributed by atoms with Gasteiger partial charge in [-0.1, -0.05) is 23.8 Å². The van der Waals surface area contributed by atoms with Crippen molar-refractivity contribution >= 4 is 5.69 Å². The Morgan fingerprint density at radius 1 is 1.00 bits per heavy atom. The van der Waals surface area contributed by atoms with Crippen LogP contribution < -0.4 is 5.32 Å². The number of hydrogen-bond donors (Lipinski definition) is 1.